The van der Waals surface area contributed by atoms with E-state index in [9.17, 15) is 22.8 Å². The van der Waals surface area contributed by atoms with Crippen molar-refractivity contribution in [3.8, 4) is 0 Å². The monoisotopic (exact) mass is 495 g/mol. The molecule has 0 aliphatic carbocycles. The third kappa shape index (κ3) is 6.29. The van der Waals surface area contributed by atoms with Crippen LogP contribution in [0.5, 0.6) is 0 Å². The number of likely N-dealkylation sites (tertiary alicyclic amines) is 1. The molecule has 33 heavy (non-hydrogen) atoms. The first-order valence-corrected chi connectivity index (χ1v) is 13.9. The van der Waals surface area contributed by atoms with Gasteiger partial charge in [0.1, 0.15) is 6.54 Å². The van der Waals surface area contributed by atoms with Crippen molar-refractivity contribution >= 4 is 45.2 Å². The molecular weight excluding hydrogens is 462 g/mol. The van der Waals surface area contributed by atoms with Crippen molar-refractivity contribution in [3.63, 3.8) is 0 Å². The Kier molecular flexibility index (Phi) is 8.10. The van der Waals surface area contributed by atoms with E-state index >= 15 is 0 Å². The van der Waals surface area contributed by atoms with Crippen LogP contribution < -0.4 is 4.90 Å². The Labute approximate surface area is 200 Å². The number of benzene rings is 1. The SMILES string of the molecule is CCCS(=O)(=O)N(CCCN1CCCC1=O)C(=O)CN1C(=O)CC(C)(C)Sc2ccccc21. The Balaban J connectivity index is 1.80. The maximum Gasteiger partial charge on any atom is 0.256 e. The summed E-state index contributed by atoms with van der Waals surface area (Å²) in [5.41, 5.74) is 0.627. The molecule has 2 aliphatic rings. The van der Waals surface area contributed by atoms with E-state index in [1.807, 2.05) is 26.0 Å². The van der Waals surface area contributed by atoms with Crippen LogP contribution in [0.15, 0.2) is 29.2 Å². The minimum Gasteiger partial charge on any atom is -0.343 e. The zero-order valence-electron chi connectivity index (χ0n) is 19.6. The van der Waals surface area contributed by atoms with Crippen LogP contribution in [0.25, 0.3) is 0 Å². The Hall–Kier alpha value is -2.07. The van der Waals surface area contributed by atoms with Crippen LogP contribution in [0.1, 0.15) is 52.9 Å². The van der Waals surface area contributed by atoms with E-state index in [1.165, 1.54) is 4.90 Å². The number of rotatable bonds is 9. The normalized spacial score (nSPS) is 18.3. The first-order chi connectivity index (χ1) is 15.5. The van der Waals surface area contributed by atoms with E-state index in [2.05, 4.69) is 0 Å². The highest BCUT2D eigenvalue weighted by molar-refractivity contribution is 8.00. The first-order valence-electron chi connectivity index (χ1n) is 11.4. The number of nitrogens with zero attached hydrogens (tertiary/aromatic N) is 3. The molecule has 0 bridgehead atoms. The summed E-state index contributed by atoms with van der Waals surface area (Å²) in [5, 5.41) is 0. The van der Waals surface area contributed by atoms with Crippen molar-refractivity contribution in [3.05, 3.63) is 24.3 Å². The molecule has 1 aromatic carbocycles. The molecule has 182 valence electrons. The fraction of sp³-hybridized carbons (Fsp3) is 0.609. The lowest BCUT2D eigenvalue weighted by atomic mass is 10.1. The van der Waals surface area contributed by atoms with Crippen LogP contribution in [0.3, 0.4) is 0 Å². The maximum atomic E-state index is 13.3. The molecule has 0 unspecified atom stereocenters. The van der Waals surface area contributed by atoms with E-state index in [-0.39, 0.29) is 41.8 Å². The molecule has 8 nitrogen and oxygen atoms in total. The third-order valence-electron chi connectivity index (χ3n) is 5.75. The minimum atomic E-state index is -3.82. The van der Waals surface area contributed by atoms with Gasteiger partial charge in [0.15, 0.2) is 0 Å². The number of carbonyl (C=O) groups is 3. The molecular formula is C23H33N3O5S2. The lowest BCUT2D eigenvalue weighted by Gasteiger charge is -2.28. The summed E-state index contributed by atoms with van der Waals surface area (Å²) in [7, 11) is -3.82. The predicted octanol–water partition coefficient (Wildman–Crippen LogP) is 2.87. The molecule has 10 heteroatoms. The molecule has 0 atom stereocenters. The molecule has 3 amide bonds. The molecule has 0 saturated carbocycles. The van der Waals surface area contributed by atoms with E-state index in [0.29, 0.717) is 38.0 Å². The molecule has 1 saturated heterocycles. The summed E-state index contributed by atoms with van der Waals surface area (Å²) in [4.78, 5) is 42.3. The van der Waals surface area contributed by atoms with Gasteiger partial charge in [0.2, 0.25) is 21.8 Å². The number of anilines is 1. The molecule has 1 fully saturated rings. The third-order valence-corrected chi connectivity index (χ3v) is 8.99. The van der Waals surface area contributed by atoms with Crippen molar-refractivity contribution in [1.82, 2.24) is 9.21 Å². The highest BCUT2D eigenvalue weighted by Gasteiger charge is 2.36. The Bertz CT molecular complexity index is 1010. The molecule has 1 aromatic rings. The molecule has 0 radical (unpaired) electrons. The average molecular weight is 496 g/mol. The standard InChI is InChI=1S/C23H33N3O5S2/c1-4-15-33(30,31)26(14-8-13-24-12-7-11-20(24)27)22(29)17-25-18-9-5-6-10-19(18)32-23(2,3)16-21(25)28/h5-6,9-10H,4,7-8,11-17H2,1-3H3. The summed E-state index contributed by atoms with van der Waals surface area (Å²) in [6.45, 7) is 6.45. The lowest BCUT2D eigenvalue weighted by molar-refractivity contribution is -0.128. The topological polar surface area (TPSA) is 95.1 Å². The van der Waals surface area contributed by atoms with Gasteiger partial charge in [-0.1, -0.05) is 19.1 Å². The van der Waals surface area contributed by atoms with Crippen LogP contribution in [0.4, 0.5) is 5.69 Å². The second-order valence-electron chi connectivity index (χ2n) is 9.11. The number of fused-ring (bicyclic) bond motifs is 1. The van der Waals surface area contributed by atoms with Gasteiger partial charge in [-0.15, -0.1) is 11.8 Å². The van der Waals surface area contributed by atoms with Crippen LogP contribution in [-0.2, 0) is 24.4 Å². The van der Waals surface area contributed by atoms with Crippen molar-refractivity contribution in [2.24, 2.45) is 0 Å². The van der Waals surface area contributed by atoms with E-state index in [4.69, 9.17) is 0 Å². The van der Waals surface area contributed by atoms with Crippen LogP contribution in [0.2, 0.25) is 0 Å². The molecule has 0 aromatic heterocycles. The van der Waals surface area contributed by atoms with Gasteiger partial charge in [0.05, 0.1) is 11.4 Å². The molecule has 3 rings (SSSR count). The summed E-state index contributed by atoms with van der Waals surface area (Å²) in [6, 6.07) is 7.39. The number of thioether (sulfide) groups is 1. The van der Waals surface area contributed by atoms with Crippen LogP contribution in [-0.4, -0.2) is 72.0 Å². The first kappa shape index (κ1) is 25.6. The second kappa shape index (κ2) is 10.5. The van der Waals surface area contributed by atoms with Crippen molar-refractivity contribution in [2.45, 2.75) is 62.5 Å². The fourth-order valence-corrected chi connectivity index (χ4v) is 6.95. The van der Waals surface area contributed by atoms with Crippen molar-refractivity contribution in [2.75, 3.05) is 36.8 Å². The zero-order chi connectivity index (χ0) is 24.2. The average Bonchev–Trinajstić information content (AvgIpc) is 3.09. The molecule has 2 aliphatic heterocycles. The summed E-state index contributed by atoms with van der Waals surface area (Å²) in [6.07, 6.45) is 2.31. The number of hydrogen-bond acceptors (Lipinski definition) is 6. The van der Waals surface area contributed by atoms with Gasteiger partial charge in [0, 0.05) is 42.1 Å². The summed E-state index contributed by atoms with van der Waals surface area (Å²) < 4.78 is 26.4. The maximum absolute atomic E-state index is 13.3. The number of hydrogen-bond donors (Lipinski definition) is 0. The van der Waals surface area contributed by atoms with Crippen LogP contribution in [0, 0.1) is 0 Å². The second-order valence-corrected chi connectivity index (χ2v) is 12.9. The van der Waals surface area contributed by atoms with E-state index < -0.39 is 15.9 Å². The number of carbonyl (C=O) groups excluding carboxylic acids is 3. The zero-order valence-corrected chi connectivity index (χ0v) is 21.2. The van der Waals surface area contributed by atoms with Gasteiger partial charge in [0.25, 0.3) is 5.91 Å². The smallest absolute Gasteiger partial charge is 0.256 e. The van der Waals surface area contributed by atoms with Crippen LogP contribution >= 0.6 is 11.8 Å². The highest BCUT2D eigenvalue weighted by Crippen LogP contribution is 2.43. The van der Waals surface area contributed by atoms with E-state index in [0.717, 1.165) is 15.6 Å². The highest BCUT2D eigenvalue weighted by atomic mass is 32.2. The Morgan fingerprint density at radius 1 is 1.18 bits per heavy atom. The summed E-state index contributed by atoms with van der Waals surface area (Å²) >= 11 is 1.58. The van der Waals surface area contributed by atoms with Gasteiger partial charge in [-0.2, -0.15) is 0 Å². The Morgan fingerprint density at radius 2 is 1.91 bits per heavy atom. The van der Waals surface area contributed by atoms with E-state index in [1.54, 1.807) is 35.7 Å². The van der Waals surface area contributed by atoms with Gasteiger partial charge < -0.3 is 9.80 Å². The number of sulfonamides is 1. The molecule has 2 heterocycles. The van der Waals surface area contributed by atoms with Crippen molar-refractivity contribution < 1.29 is 22.8 Å². The van der Waals surface area contributed by atoms with Gasteiger partial charge in [-0.25, -0.2) is 12.7 Å². The Morgan fingerprint density at radius 3 is 2.58 bits per heavy atom. The van der Waals surface area contributed by atoms with Gasteiger partial charge in [-0.05, 0) is 45.2 Å². The van der Waals surface area contributed by atoms with Gasteiger partial charge in [-0.3, -0.25) is 14.4 Å². The number of para-hydroxylation sites is 1. The largest absolute Gasteiger partial charge is 0.343 e. The van der Waals surface area contributed by atoms with Gasteiger partial charge >= 0.3 is 0 Å². The molecule has 0 spiro atoms. The quantitative estimate of drug-likeness (QED) is 0.523. The summed E-state index contributed by atoms with van der Waals surface area (Å²) in [5.74, 6) is -0.907. The minimum absolute atomic E-state index is 0.00509. The molecule has 0 N–H and O–H groups in total. The lowest BCUT2D eigenvalue weighted by Crippen LogP contribution is -2.47. The number of amides is 3. The predicted molar refractivity (Wildman–Crippen MR) is 130 cm³/mol. The van der Waals surface area contributed by atoms with Crippen molar-refractivity contribution in [1.29, 1.82) is 0 Å². The fourth-order valence-electron chi connectivity index (χ4n) is 4.21.